The predicted molar refractivity (Wildman–Crippen MR) is 130 cm³/mol. The molecule has 0 saturated heterocycles. The van der Waals surface area contributed by atoms with Gasteiger partial charge in [-0.05, 0) is 41.7 Å². The maximum absolute atomic E-state index is 14.0. The molecule has 0 spiro atoms. The summed E-state index contributed by atoms with van der Waals surface area (Å²) in [6.45, 7) is -1.45. The van der Waals surface area contributed by atoms with Crippen molar-refractivity contribution in [2.45, 2.75) is 44.3 Å². The number of rotatable bonds is 13. The van der Waals surface area contributed by atoms with Crippen LogP contribution in [0.5, 0.6) is 5.75 Å². The zero-order valence-electron chi connectivity index (χ0n) is 21.2. The number of aryl methyl sites for hydroxylation is 2. The van der Waals surface area contributed by atoms with E-state index in [2.05, 4.69) is 5.32 Å². The summed E-state index contributed by atoms with van der Waals surface area (Å²) in [5.74, 6) is -10.6. The number of benzene rings is 2. The maximum atomic E-state index is 14.0. The molecule has 13 heteroatoms. The van der Waals surface area contributed by atoms with Crippen LogP contribution in [0.25, 0.3) is 0 Å². The van der Waals surface area contributed by atoms with Crippen LogP contribution in [0.4, 0.5) is 22.0 Å². The largest absolute Gasteiger partial charge is 0.497 e. The fourth-order valence-corrected chi connectivity index (χ4v) is 3.39. The lowest BCUT2D eigenvalue weighted by Gasteiger charge is -2.20. The molecule has 3 N–H and O–H groups in total. The Balaban J connectivity index is 2.09. The van der Waals surface area contributed by atoms with E-state index in [1.165, 1.54) is 31.4 Å². The van der Waals surface area contributed by atoms with Crippen molar-refractivity contribution in [1.29, 1.82) is 0 Å². The molecule has 2 aromatic rings. The summed E-state index contributed by atoms with van der Waals surface area (Å²) in [6.07, 6.45) is -3.81. The third-order valence-electron chi connectivity index (χ3n) is 5.56. The molecule has 0 fully saturated rings. The van der Waals surface area contributed by atoms with Crippen molar-refractivity contribution in [3.05, 3.63) is 65.2 Å². The van der Waals surface area contributed by atoms with Crippen LogP contribution in [0.15, 0.2) is 48.5 Å². The number of Topliss-reactive ketones (excluding diaryl/α,β-unsaturated/α-hetero) is 1. The monoisotopic (exact) mass is 557 g/mol. The molecule has 0 heterocycles. The van der Waals surface area contributed by atoms with Crippen LogP contribution in [0.3, 0.4) is 0 Å². The molecule has 2 aromatic carbocycles. The first-order valence-electron chi connectivity index (χ1n) is 11.8. The number of halogens is 5. The van der Waals surface area contributed by atoms with Gasteiger partial charge in [-0.1, -0.05) is 43.3 Å². The average Bonchev–Trinajstić information content (AvgIpc) is 2.91. The smallest absolute Gasteiger partial charge is 0.405 e. The molecular weight excluding hydrogens is 529 g/mol. The number of carbonyl (C=O) groups is 4. The first kappa shape index (κ1) is 31.2. The van der Waals surface area contributed by atoms with Crippen LogP contribution in [0, 0.1) is 0 Å². The van der Waals surface area contributed by atoms with Gasteiger partial charge in [-0.3, -0.25) is 19.2 Å². The summed E-state index contributed by atoms with van der Waals surface area (Å²) in [5.41, 5.74) is 2.21. The number of methoxy groups -OCH3 is 1. The summed E-state index contributed by atoms with van der Waals surface area (Å²) in [5, 5.41) is 5.35. The number of ether oxygens (including phenoxy) is 1. The third-order valence-corrected chi connectivity index (χ3v) is 5.56. The van der Waals surface area contributed by atoms with Crippen molar-refractivity contribution in [3.8, 4) is 5.75 Å². The van der Waals surface area contributed by atoms with E-state index in [-0.39, 0.29) is 12.0 Å². The molecule has 39 heavy (non-hydrogen) atoms. The van der Waals surface area contributed by atoms with Crippen LogP contribution in [-0.4, -0.2) is 55.8 Å². The Hall–Kier alpha value is -4.03. The fourth-order valence-electron chi connectivity index (χ4n) is 3.39. The Kier molecular flexibility index (Phi) is 10.9. The molecule has 0 aromatic heterocycles. The number of alkyl halides is 5. The highest BCUT2D eigenvalue weighted by Crippen LogP contribution is 2.20. The zero-order chi connectivity index (χ0) is 29.2. The second-order valence-corrected chi connectivity index (χ2v) is 8.46. The van der Waals surface area contributed by atoms with Crippen molar-refractivity contribution >= 4 is 23.5 Å². The van der Waals surface area contributed by atoms with Crippen molar-refractivity contribution in [2.24, 2.45) is 0 Å². The Morgan fingerprint density at radius 3 is 2.15 bits per heavy atom. The third kappa shape index (κ3) is 9.65. The molecular formula is C26H28F5N3O5. The number of amides is 3. The Morgan fingerprint density at radius 1 is 0.923 bits per heavy atom. The van der Waals surface area contributed by atoms with Crippen molar-refractivity contribution in [2.75, 3.05) is 20.2 Å². The van der Waals surface area contributed by atoms with E-state index < -0.39 is 54.7 Å². The first-order chi connectivity index (χ1) is 18.3. The molecule has 1 unspecified atom stereocenters. The van der Waals surface area contributed by atoms with Gasteiger partial charge in [-0.25, -0.2) is 0 Å². The van der Waals surface area contributed by atoms with Gasteiger partial charge in [0.25, 0.3) is 5.91 Å². The van der Waals surface area contributed by atoms with Gasteiger partial charge in [0.1, 0.15) is 18.3 Å². The molecule has 0 bridgehead atoms. The van der Waals surface area contributed by atoms with Gasteiger partial charge < -0.3 is 20.7 Å². The highest BCUT2D eigenvalue weighted by Gasteiger charge is 2.47. The molecule has 2 rings (SSSR count). The van der Waals surface area contributed by atoms with Crippen LogP contribution in [-0.2, 0) is 32.0 Å². The van der Waals surface area contributed by atoms with Crippen LogP contribution < -0.4 is 20.7 Å². The van der Waals surface area contributed by atoms with E-state index in [1.807, 2.05) is 36.5 Å². The molecule has 0 saturated carbocycles. The number of ketones is 1. The van der Waals surface area contributed by atoms with Gasteiger partial charge in [0.2, 0.25) is 17.6 Å². The fraction of sp³-hybridized carbons (Fsp3) is 0.385. The summed E-state index contributed by atoms with van der Waals surface area (Å²) >= 11 is 0. The second kappa shape index (κ2) is 13.7. The number of hydrogen-bond donors (Lipinski definition) is 3. The summed E-state index contributed by atoms with van der Waals surface area (Å²) in [4.78, 5) is 48.8. The molecule has 8 nitrogen and oxygen atoms in total. The van der Waals surface area contributed by atoms with Crippen molar-refractivity contribution in [1.82, 2.24) is 16.0 Å². The molecule has 0 aliphatic carbocycles. The van der Waals surface area contributed by atoms with Crippen LogP contribution in [0.1, 0.15) is 36.1 Å². The maximum Gasteiger partial charge on any atom is 0.405 e. The van der Waals surface area contributed by atoms with Crippen LogP contribution in [0.2, 0.25) is 0 Å². The van der Waals surface area contributed by atoms with Crippen molar-refractivity contribution in [3.63, 3.8) is 0 Å². The average molecular weight is 558 g/mol. The normalized spacial score (nSPS) is 12.3. The topological polar surface area (TPSA) is 114 Å². The number of carbonyl (C=O) groups excluding carboxylic acids is 4. The van der Waals surface area contributed by atoms with E-state index in [9.17, 15) is 41.1 Å². The van der Waals surface area contributed by atoms with E-state index in [4.69, 9.17) is 4.74 Å². The Labute approximate surface area is 221 Å². The van der Waals surface area contributed by atoms with Gasteiger partial charge in [-0.15, -0.1) is 0 Å². The van der Waals surface area contributed by atoms with Gasteiger partial charge in [0.15, 0.2) is 0 Å². The van der Waals surface area contributed by atoms with Gasteiger partial charge >= 0.3 is 12.1 Å². The standard InChI is InChI=1S/C26H28F5N3O5/c1-3-16-5-4-6-17(13-16)7-12-21(36)34-22(18-8-10-19(39-2)11-9-18)23(37)32-14-20(35)26(30,31)24(38)33-15-25(27,28)29/h4-6,8-11,13,22H,3,7,12,14-15H2,1-2H3,(H,32,37)(H,33,38)(H,34,36). The van der Waals surface area contributed by atoms with Gasteiger partial charge in [0, 0.05) is 6.42 Å². The molecule has 0 aliphatic heterocycles. The van der Waals surface area contributed by atoms with Gasteiger partial charge in [-0.2, -0.15) is 22.0 Å². The minimum Gasteiger partial charge on any atom is -0.497 e. The number of nitrogens with one attached hydrogen (secondary N) is 3. The zero-order valence-corrected chi connectivity index (χ0v) is 21.2. The van der Waals surface area contributed by atoms with Crippen LogP contribution >= 0.6 is 0 Å². The summed E-state index contributed by atoms with van der Waals surface area (Å²) in [7, 11) is 1.41. The summed E-state index contributed by atoms with van der Waals surface area (Å²) < 4.78 is 69.7. The van der Waals surface area contributed by atoms with E-state index >= 15 is 0 Å². The Bertz CT molecular complexity index is 1170. The molecule has 0 radical (unpaired) electrons. The minimum absolute atomic E-state index is 0.0104. The lowest BCUT2D eigenvalue weighted by molar-refractivity contribution is -0.163. The highest BCUT2D eigenvalue weighted by atomic mass is 19.4. The Morgan fingerprint density at radius 2 is 1.56 bits per heavy atom. The minimum atomic E-state index is -4.97. The van der Waals surface area contributed by atoms with Gasteiger partial charge in [0.05, 0.1) is 13.7 Å². The lowest BCUT2D eigenvalue weighted by Crippen LogP contribution is -2.52. The summed E-state index contributed by atoms with van der Waals surface area (Å²) in [6, 6.07) is 12.0. The first-order valence-corrected chi connectivity index (χ1v) is 11.8. The molecule has 0 aliphatic rings. The second-order valence-electron chi connectivity index (χ2n) is 8.46. The highest BCUT2D eigenvalue weighted by molar-refractivity contribution is 6.09. The molecule has 3 amide bonds. The van der Waals surface area contributed by atoms with Crippen molar-refractivity contribution < 1.29 is 45.9 Å². The quantitative estimate of drug-likeness (QED) is 0.259. The van der Waals surface area contributed by atoms with E-state index in [0.29, 0.717) is 12.2 Å². The van der Waals surface area contributed by atoms with E-state index in [1.54, 1.807) is 0 Å². The molecule has 212 valence electrons. The number of hydrogen-bond acceptors (Lipinski definition) is 5. The van der Waals surface area contributed by atoms with E-state index in [0.717, 1.165) is 22.9 Å². The lowest BCUT2D eigenvalue weighted by atomic mass is 10.0. The SMILES string of the molecule is CCc1cccc(CCC(=O)NC(C(=O)NCC(=O)C(F)(F)C(=O)NCC(F)(F)F)c2ccc(OC)cc2)c1. The predicted octanol–water partition coefficient (Wildman–Crippen LogP) is 3.05. The molecule has 1 atom stereocenters.